The number of esters is 2. The van der Waals surface area contributed by atoms with E-state index in [1.165, 1.54) is 14.4 Å². The van der Waals surface area contributed by atoms with Gasteiger partial charge in [-0.25, -0.2) is 23.2 Å². The molecule has 4 rings (SSSR count). The normalized spacial score (nSPS) is 16.3. The predicted molar refractivity (Wildman–Crippen MR) is 124 cm³/mol. The minimum absolute atomic E-state index is 0.0369. The number of carbonyl (C=O) groups is 3. The lowest BCUT2D eigenvalue weighted by atomic mass is 10.1. The quantitative estimate of drug-likeness (QED) is 0.334. The number of hydrogen-bond acceptors (Lipinski definition) is 9. The zero-order chi connectivity index (χ0) is 26.3. The molecule has 0 bridgehead atoms. The number of carboxylic acids is 1. The van der Waals surface area contributed by atoms with Crippen LogP contribution in [0, 0.1) is 11.6 Å². The molecule has 2 fully saturated rings. The van der Waals surface area contributed by atoms with E-state index in [4.69, 9.17) is 10.5 Å². The average Bonchev–Trinajstić information content (AvgIpc) is 3.71. The third kappa shape index (κ3) is 4.20. The number of benzene rings is 1. The molecule has 0 unspecified atom stereocenters. The van der Waals surface area contributed by atoms with Gasteiger partial charge in [0.25, 0.3) is 0 Å². The Kier molecular flexibility index (Phi) is 6.57. The van der Waals surface area contributed by atoms with Gasteiger partial charge in [0.15, 0.2) is 11.6 Å². The van der Waals surface area contributed by atoms with Crippen LogP contribution in [0.25, 0.3) is 10.9 Å². The number of hydrogen-bond donors (Lipinski definition) is 2. The second kappa shape index (κ2) is 9.47. The van der Waals surface area contributed by atoms with Gasteiger partial charge in [-0.2, -0.15) is 0 Å². The molecule has 2 aromatic rings. The number of nitrogens with zero attached hydrogens (tertiary/aromatic N) is 3. The number of pyridine rings is 1. The van der Waals surface area contributed by atoms with Crippen LogP contribution >= 0.6 is 0 Å². The third-order valence-corrected chi connectivity index (χ3v) is 6.32. The first kappa shape index (κ1) is 24.9. The fraction of sp³-hybridized carbons (Fsp3) is 0.391. The molecule has 0 radical (unpaired) electrons. The summed E-state index contributed by atoms with van der Waals surface area (Å²) >= 11 is 0. The molecule has 1 aliphatic carbocycles. The molecule has 3 N–H and O–H groups in total. The Morgan fingerprint density at radius 2 is 1.72 bits per heavy atom. The van der Waals surface area contributed by atoms with E-state index in [0.717, 1.165) is 26.5 Å². The van der Waals surface area contributed by atoms with Gasteiger partial charge in [0.2, 0.25) is 5.43 Å². The molecule has 2 aliphatic rings. The summed E-state index contributed by atoms with van der Waals surface area (Å²) in [7, 11) is 2.31. The molecule has 1 saturated heterocycles. The first-order chi connectivity index (χ1) is 17.1. The lowest BCUT2D eigenvalue weighted by Gasteiger charge is -2.38. The van der Waals surface area contributed by atoms with Gasteiger partial charge in [-0.3, -0.25) is 4.79 Å². The van der Waals surface area contributed by atoms with Crippen LogP contribution in [0.3, 0.4) is 0 Å². The first-order valence-corrected chi connectivity index (χ1v) is 11.1. The number of nitrogens with two attached hydrogens (primary N) is 1. The first-order valence-electron chi connectivity index (χ1n) is 11.1. The Balaban J connectivity index is 1.76. The standard InChI is InChI=1S/C23H24F2N4O7/c1-35-14(30)9-13(23(34)36-2)27-5-7-28(8-6-27)20-16(24)18(26)15-19(17(20)25)29(11-3-4-11)10-12(21(15)31)22(32)33/h9-11H,3-8,26H2,1-2H3,(H,32,33). The molecule has 1 aromatic heterocycles. The predicted octanol–water partition coefficient (Wildman–Crippen LogP) is 1.25. The maximum absolute atomic E-state index is 15.9. The van der Waals surface area contributed by atoms with Gasteiger partial charge in [-0.1, -0.05) is 0 Å². The van der Waals surface area contributed by atoms with Crippen LogP contribution in [0.2, 0.25) is 0 Å². The van der Waals surface area contributed by atoms with Gasteiger partial charge < -0.3 is 34.7 Å². The van der Waals surface area contributed by atoms with E-state index in [1.54, 1.807) is 0 Å². The van der Waals surface area contributed by atoms with Crippen LogP contribution in [-0.4, -0.2) is 72.9 Å². The molecule has 1 aliphatic heterocycles. The number of carboxylic acid groups (broad SMARTS) is 1. The Morgan fingerprint density at radius 1 is 1.08 bits per heavy atom. The van der Waals surface area contributed by atoms with Crippen LogP contribution < -0.4 is 16.1 Å². The minimum Gasteiger partial charge on any atom is -0.477 e. The summed E-state index contributed by atoms with van der Waals surface area (Å²) in [4.78, 5) is 51.1. The van der Waals surface area contributed by atoms with Crippen LogP contribution in [0.15, 0.2) is 22.8 Å². The maximum Gasteiger partial charge on any atom is 0.354 e. The summed E-state index contributed by atoms with van der Waals surface area (Å²) in [5, 5.41) is 8.91. The molecular weight excluding hydrogens is 482 g/mol. The lowest BCUT2D eigenvalue weighted by Crippen LogP contribution is -2.48. The van der Waals surface area contributed by atoms with Crippen molar-refractivity contribution in [1.29, 1.82) is 0 Å². The number of piperazine rings is 1. The molecule has 11 nitrogen and oxygen atoms in total. The number of halogens is 2. The van der Waals surface area contributed by atoms with Gasteiger partial charge in [0.1, 0.15) is 16.9 Å². The van der Waals surface area contributed by atoms with Crippen molar-refractivity contribution in [1.82, 2.24) is 9.47 Å². The molecule has 1 aromatic carbocycles. The van der Waals surface area contributed by atoms with Crippen molar-refractivity contribution >= 4 is 40.2 Å². The number of aromatic nitrogens is 1. The zero-order valence-corrected chi connectivity index (χ0v) is 19.5. The zero-order valence-electron chi connectivity index (χ0n) is 19.5. The molecular formula is C23H24F2N4O7. The number of ether oxygens (including phenoxy) is 2. The fourth-order valence-corrected chi connectivity index (χ4v) is 4.35. The SMILES string of the molecule is COC(=O)C=C(C(=O)OC)N1CCN(c2c(F)c(N)c3c(=O)c(C(=O)O)cn(C4CC4)c3c2F)CC1. The molecule has 13 heteroatoms. The molecule has 0 spiro atoms. The summed E-state index contributed by atoms with van der Waals surface area (Å²) in [6, 6.07) is -0.235. The Hall–Kier alpha value is -4.16. The topological polar surface area (TPSA) is 144 Å². The van der Waals surface area contributed by atoms with Gasteiger partial charge in [0.05, 0.1) is 36.9 Å². The summed E-state index contributed by atoms with van der Waals surface area (Å²) in [6.45, 7) is 0.272. The number of methoxy groups -OCH3 is 2. The van der Waals surface area contributed by atoms with Gasteiger partial charge in [-0.15, -0.1) is 0 Å². The molecule has 0 atom stereocenters. The van der Waals surface area contributed by atoms with Crippen molar-refractivity contribution in [3.05, 3.63) is 45.4 Å². The highest BCUT2D eigenvalue weighted by molar-refractivity contribution is 6.00. The Labute approximate surface area is 203 Å². The van der Waals surface area contributed by atoms with Crippen molar-refractivity contribution in [2.45, 2.75) is 18.9 Å². The fourth-order valence-electron chi connectivity index (χ4n) is 4.35. The smallest absolute Gasteiger partial charge is 0.354 e. The van der Waals surface area contributed by atoms with Crippen molar-refractivity contribution < 1.29 is 37.7 Å². The molecule has 1 saturated carbocycles. The van der Waals surface area contributed by atoms with Gasteiger partial charge in [0, 0.05) is 38.4 Å². The molecule has 2 heterocycles. The molecule has 0 amide bonds. The van der Waals surface area contributed by atoms with E-state index >= 15 is 8.78 Å². The van der Waals surface area contributed by atoms with Crippen molar-refractivity contribution in [3.8, 4) is 0 Å². The second-order valence-electron chi connectivity index (χ2n) is 8.45. The van der Waals surface area contributed by atoms with Gasteiger partial charge >= 0.3 is 17.9 Å². The highest BCUT2D eigenvalue weighted by Gasteiger charge is 2.34. The largest absolute Gasteiger partial charge is 0.477 e. The van der Waals surface area contributed by atoms with Crippen molar-refractivity contribution in [2.75, 3.05) is 51.0 Å². The number of rotatable bonds is 6. The molecule has 36 heavy (non-hydrogen) atoms. The van der Waals surface area contributed by atoms with Crippen LogP contribution in [0.1, 0.15) is 29.2 Å². The summed E-state index contributed by atoms with van der Waals surface area (Å²) in [6.07, 6.45) is 3.34. The highest BCUT2D eigenvalue weighted by atomic mass is 19.1. The van der Waals surface area contributed by atoms with E-state index in [0.29, 0.717) is 12.8 Å². The lowest BCUT2D eigenvalue weighted by molar-refractivity contribution is -0.140. The third-order valence-electron chi connectivity index (χ3n) is 6.32. The monoisotopic (exact) mass is 506 g/mol. The van der Waals surface area contributed by atoms with E-state index in [-0.39, 0.29) is 43.4 Å². The van der Waals surface area contributed by atoms with Crippen LogP contribution in [0.5, 0.6) is 0 Å². The van der Waals surface area contributed by atoms with Crippen LogP contribution in [-0.2, 0) is 19.1 Å². The van der Waals surface area contributed by atoms with Crippen molar-refractivity contribution in [2.24, 2.45) is 0 Å². The Bertz CT molecular complexity index is 1360. The number of fused-ring (bicyclic) bond motifs is 1. The Morgan fingerprint density at radius 3 is 2.25 bits per heavy atom. The van der Waals surface area contributed by atoms with Gasteiger partial charge in [-0.05, 0) is 12.8 Å². The maximum atomic E-state index is 15.9. The highest BCUT2D eigenvalue weighted by Crippen LogP contribution is 2.41. The van der Waals surface area contributed by atoms with E-state index < -0.39 is 57.3 Å². The minimum atomic E-state index is -1.52. The average molecular weight is 506 g/mol. The molecule has 192 valence electrons. The number of anilines is 2. The number of aromatic carboxylic acids is 1. The second-order valence-corrected chi connectivity index (χ2v) is 8.45. The van der Waals surface area contributed by atoms with Crippen LogP contribution in [0.4, 0.5) is 20.2 Å². The van der Waals surface area contributed by atoms with E-state index in [2.05, 4.69) is 4.74 Å². The summed E-state index contributed by atoms with van der Waals surface area (Å²) in [5.74, 6) is -5.25. The number of nitrogen functional groups attached to an aromatic ring is 1. The van der Waals surface area contributed by atoms with E-state index in [1.807, 2.05) is 0 Å². The van der Waals surface area contributed by atoms with Crippen molar-refractivity contribution in [3.63, 3.8) is 0 Å². The summed E-state index contributed by atoms with van der Waals surface area (Å²) < 4.78 is 42.0. The van der Waals surface area contributed by atoms with E-state index in [9.17, 15) is 24.3 Å². The number of carbonyl (C=O) groups excluding carboxylic acids is 2. The summed E-state index contributed by atoms with van der Waals surface area (Å²) in [5.41, 5.74) is 2.88.